The van der Waals surface area contributed by atoms with Crippen molar-refractivity contribution in [2.75, 3.05) is 0 Å². The van der Waals surface area contributed by atoms with Crippen molar-refractivity contribution in [1.82, 2.24) is 14.5 Å². The number of nitrogens with zero attached hydrogens (tertiary/aromatic N) is 3. The van der Waals surface area contributed by atoms with Crippen molar-refractivity contribution in [3.63, 3.8) is 0 Å². The molecule has 0 saturated heterocycles. The van der Waals surface area contributed by atoms with Crippen molar-refractivity contribution in [3.8, 4) is 39.6 Å². The van der Waals surface area contributed by atoms with Crippen molar-refractivity contribution in [2.24, 2.45) is 0 Å². The van der Waals surface area contributed by atoms with Crippen LogP contribution in [0.2, 0.25) is 0 Å². The Hall–Kier alpha value is -6.06. The minimum absolute atomic E-state index is 0.714. The summed E-state index contributed by atoms with van der Waals surface area (Å²) in [6, 6.07) is 57.8. The quantitative estimate of drug-likeness (QED) is 0.210. The normalized spacial score (nSPS) is 11.6. The molecule has 3 nitrogen and oxygen atoms in total. The molecule has 0 aliphatic carbocycles. The molecule has 2 heterocycles. The summed E-state index contributed by atoms with van der Waals surface area (Å²) >= 11 is 0. The number of hydrogen-bond donors (Lipinski definition) is 0. The maximum Gasteiger partial charge on any atom is 0.161 e. The van der Waals surface area contributed by atoms with Crippen LogP contribution in [0.5, 0.6) is 0 Å². The molecule has 210 valence electrons. The van der Waals surface area contributed by atoms with Gasteiger partial charge in [0.2, 0.25) is 0 Å². The van der Waals surface area contributed by atoms with E-state index in [0.717, 1.165) is 44.5 Å². The topological polar surface area (TPSA) is 30.7 Å². The molecule has 0 aliphatic heterocycles. The van der Waals surface area contributed by atoms with Gasteiger partial charge in [0, 0.05) is 32.8 Å². The van der Waals surface area contributed by atoms with E-state index in [1.807, 2.05) is 12.1 Å². The van der Waals surface area contributed by atoms with Gasteiger partial charge in [-0.3, -0.25) is 0 Å². The van der Waals surface area contributed by atoms with Gasteiger partial charge in [0.15, 0.2) is 5.82 Å². The van der Waals surface area contributed by atoms with Crippen LogP contribution in [0.1, 0.15) is 0 Å². The van der Waals surface area contributed by atoms with Gasteiger partial charge in [0.25, 0.3) is 0 Å². The van der Waals surface area contributed by atoms with E-state index >= 15 is 0 Å². The first-order valence-electron chi connectivity index (χ1n) is 15.3. The zero-order valence-corrected chi connectivity index (χ0v) is 24.4. The van der Waals surface area contributed by atoms with E-state index in [2.05, 4.69) is 156 Å². The van der Waals surface area contributed by atoms with Gasteiger partial charge >= 0.3 is 0 Å². The van der Waals surface area contributed by atoms with Gasteiger partial charge < -0.3 is 4.57 Å². The second-order valence-corrected chi connectivity index (χ2v) is 11.4. The molecule has 0 atom stereocenters. The highest BCUT2D eigenvalue weighted by Gasteiger charge is 2.17. The number of rotatable bonds is 4. The molecule has 7 aromatic carbocycles. The SMILES string of the molecule is c1ccc(-c2cc(-c3ccccc3)nc(-c3cccc4c(-n5c6ccccc6c6cc7ccccc7cc65)cccc34)n2)cc1. The third-order valence-corrected chi connectivity index (χ3v) is 8.79. The molecule has 0 unspecified atom stereocenters. The maximum absolute atomic E-state index is 5.16. The van der Waals surface area contributed by atoms with Crippen molar-refractivity contribution in [1.29, 1.82) is 0 Å². The van der Waals surface area contributed by atoms with E-state index in [-0.39, 0.29) is 0 Å². The van der Waals surface area contributed by atoms with Crippen LogP contribution in [-0.2, 0) is 0 Å². The Morgan fingerprint density at radius 3 is 1.69 bits per heavy atom. The smallest absolute Gasteiger partial charge is 0.161 e. The van der Waals surface area contributed by atoms with E-state index in [1.54, 1.807) is 0 Å². The number of aromatic nitrogens is 3. The molecule has 0 fully saturated rings. The number of fused-ring (bicyclic) bond motifs is 5. The molecule has 0 amide bonds. The zero-order chi connectivity index (χ0) is 29.7. The van der Waals surface area contributed by atoms with Crippen LogP contribution in [0.4, 0.5) is 0 Å². The summed E-state index contributed by atoms with van der Waals surface area (Å²) in [4.78, 5) is 10.3. The van der Waals surface area contributed by atoms with Crippen LogP contribution >= 0.6 is 0 Å². The standard InChI is InChI=1S/C42H27N3/c1-3-13-28(14-4-1)37-27-38(29-15-5-2-6-16-29)44-42(43-37)35-22-11-21-33-32(35)20-12-24-40(33)45-39-23-10-9-19-34(39)36-25-30-17-7-8-18-31(30)26-41(36)45/h1-27H. The predicted molar refractivity (Wildman–Crippen MR) is 188 cm³/mol. The molecule has 3 heteroatoms. The fraction of sp³-hybridized carbons (Fsp3) is 0. The average Bonchev–Trinajstić information content (AvgIpc) is 3.43. The van der Waals surface area contributed by atoms with Crippen LogP contribution in [0.3, 0.4) is 0 Å². The Morgan fingerprint density at radius 2 is 0.956 bits per heavy atom. The summed E-state index contributed by atoms with van der Waals surface area (Å²) in [7, 11) is 0. The van der Waals surface area contributed by atoms with E-state index in [9.17, 15) is 0 Å². The first-order valence-corrected chi connectivity index (χ1v) is 15.3. The highest BCUT2D eigenvalue weighted by Crippen LogP contribution is 2.39. The van der Waals surface area contributed by atoms with Gasteiger partial charge in [0.05, 0.1) is 28.1 Å². The molecule has 9 rings (SSSR count). The van der Waals surface area contributed by atoms with Gasteiger partial charge in [-0.05, 0) is 46.5 Å². The second-order valence-electron chi connectivity index (χ2n) is 11.4. The lowest BCUT2D eigenvalue weighted by Gasteiger charge is -2.15. The van der Waals surface area contributed by atoms with Crippen LogP contribution < -0.4 is 0 Å². The molecular formula is C42H27N3. The zero-order valence-electron chi connectivity index (χ0n) is 24.4. The molecule has 0 radical (unpaired) electrons. The van der Waals surface area contributed by atoms with E-state index < -0.39 is 0 Å². The van der Waals surface area contributed by atoms with Crippen molar-refractivity contribution in [3.05, 3.63) is 164 Å². The lowest BCUT2D eigenvalue weighted by molar-refractivity contribution is 1.18. The largest absolute Gasteiger partial charge is 0.309 e. The molecule has 0 N–H and O–H groups in total. The van der Waals surface area contributed by atoms with Gasteiger partial charge in [0.1, 0.15) is 0 Å². The van der Waals surface area contributed by atoms with E-state index in [0.29, 0.717) is 5.82 Å². The number of hydrogen-bond acceptors (Lipinski definition) is 2. The van der Waals surface area contributed by atoms with Gasteiger partial charge in [-0.2, -0.15) is 0 Å². The summed E-state index contributed by atoms with van der Waals surface area (Å²) in [5.74, 6) is 0.714. The summed E-state index contributed by atoms with van der Waals surface area (Å²) in [6.45, 7) is 0. The van der Waals surface area contributed by atoms with Crippen LogP contribution in [0.25, 0.3) is 82.9 Å². The third kappa shape index (κ3) is 4.21. The lowest BCUT2D eigenvalue weighted by Crippen LogP contribution is -1.98. The Balaban J connectivity index is 1.31. The maximum atomic E-state index is 5.16. The molecule has 0 spiro atoms. The van der Waals surface area contributed by atoms with Crippen molar-refractivity contribution in [2.45, 2.75) is 0 Å². The molecule has 0 saturated carbocycles. The van der Waals surface area contributed by atoms with Gasteiger partial charge in [-0.25, -0.2) is 9.97 Å². The summed E-state index contributed by atoms with van der Waals surface area (Å²) in [5, 5.41) is 7.25. The van der Waals surface area contributed by atoms with Crippen LogP contribution in [0, 0.1) is 0 Å². The van der Waals surface area contributed by atoms with E-state index in [4.69, 9.17) is 9.97 Å². The fourth-order valence-electron chi connectivity index (χ4n) is 6.68. The number of benzene rings is 7. The minimum atomic E-state index is 0.714. The molecule has 2 aromatic heterocycles. The monoisotopic (exact) mass is 573 g/mol. The van der Waals surface area contributed by atoms with E-state index in [1.165, 1.54) is 32.6 Å². The third-order valence-electron chi connectivity index (χ3n) is 8.79. The lowest BCUT2D eigenvalue weighted by atomic mass is 10.0. The Labute approximate surface area is 260 Å². The predicted octanol–water partition coefficient (Wildman–Crippen LogP) is 10.9. The van der Waals surface area contributed by atoms with Crippen molar-refractivity contribution < 1.29 is 0 Å². The first-order chi connectivity index (χ1) is 22.3. The summed E-state index contributed by atoms with van der Waals surface area (Å²) in [5.41, 5.74) is 8.47. The van der Waals surface area contributed by atoms with Crippen LogP contribution in [0.15, 0.2) is 164 Å². The molecule has 45 heavy (non-hydrogen) atoms. The van der Waals surface area contributed by atoms with Crippen molar-refractivity contribution >= 4 is 43.4 Å². The molecule has 9 aromatic rings. The Morgan fingerprint density at radius 1 is 0.378 bits per heavy atom. The second kappa shape index (κ2) is 10.3. The first kappa shape index (κ1) is 25.4. The molecule has 0 bridgehead atoms. The Bertz CT molecular complexity index is 2470. The fourth-order valence-corrected chi connectivity index (χ4v) is 6.68. The highest BCUT2D eigenvalue weighted by atomic mass is 15.0. The highest BCUT2D eigenvalue weighted by molar-refractivity contribution is 6.15. The molecule has 0 aliphatic rings. The van der Waals surface area contributed by atoms with Crippen LogP contribution in [-0.4, -0.2) is 14.5 Å². The van der Waals surface area contributed by atoms with Gasteiger partial charge in [-0.1, -0.05) is 133 Å². The minimum Gasteiger partial charge on any atom is -0.309 e. The summed E-state index contributed by atoms with van der Waals surface area (Å²) in [6.07, 6.45) is 0. The van der Waals surface area contributed by atoms with Gasteiger partial charge in [-0.15, -0.1) is 0 Å². The molecular weight excluding hydrogens is 546 g/mol. The Kier molecular flexibility index (Phi) is 5.82. The number of para-hydroxylation sites is 1. The summed E-state index contributed by atoms with van der Waals surface area (Å²) < 4.78 is 2.42. The average molecular weight is 574 g/mol.